The number of methoxy groups -OCH3 is 2. The largest absolute Gasteiger partial charge is 0.383 e. The molecule has 86 valence electrons. The van der Waals surface area contributed by atoms with Crippen molar-refractivity contribution in [2.75, 3.05) is 34.0 Å². The summed E-state index contributed by atoms with van der Waals surface area (Å²) in [5.41, 5.74) is 1.28. The lowest BCUT2D eigenvalue weighted by Crippen LogP contribution is -2.20. The van der Waals surface area contributed by atoms with E-state index < -0.39 is 0 Å². The molecule has 0 aliphatic rings. The molecule has 0 aliphatic carbocycles. The van der Waals surface area contributed by atoms with Crippen LogP contribution in [0.4, 0.5) is 0 Å². The van der Waals surface area contributed by atoms with Crippen LogP contribution in [0.5, 0.6) is 0 Å². The van der Waals surface area contributed by atoms with E-state index in [0.717, 1.165) is 32.8 Å². The molecule has 0 aliphatic heterocycles. The van der Waals surface area contributed by atoms with Crippen LogP contribution in [0.15, 0.2) is 18.3 Å². The molecule has 0 fully saturated rings. The van der Waals surface area contributed by atoms with Crippen LogP contribution < -0.4 is 5.32 Å². The number of rotatable bonds is 8. The van der Waals surface area contributed by atoms with Gasteiger partial charge in [-0.15, -0.1) is 0 Å². The van der Waals surface area contributed by atoms with Gasteiger partial charge in [0.25, 0.3) is 0 Å². The standard InChI is InChI=1S/C11H20N2O2/c1-14-8-5-12-10-11-4-3-6-13(11)7-9-15-2/h3-4,6,12H,5,7-10H2,1-2H3. The van der Waals surface area contributed by atoms with Crippen molar-refractivity contribution >= 4 is 0 Å². The van der Waals surface area contributed by atoms with Gasteiger partial charge in [0.05, 0.1) is 13.2 Å². The highest BCUT2D eigenvalue weighted by Crippen LogP contribution is 2.01. The molecule has 0 spiro atoms. The van der Waals surface area contributed by atoms with Crippen molar-refractivity contribution in [1.82, 2.24) is 9.88 Å². The van der Waals surface area contributed by atoms with Crippen LogP contribution >= 0.6 is 0 Å². The Hall–Kier alpha value is -0.840. The Morgan fingerprint density at radius 3 is 2.80 bits per heavy atom. The number of nitrogens with one attached hydrogen (secondary N) is 1. The van der Waals surface area contributed by atoms with Crippen molar-refractivity contribution in [2.45, 2.75) is 13.1 Å². The number of ether oxygens (including phenoxy) is 2. The van der Waals surface area contributed by atoms with E-state index in [-0.39, 0.29) is 0 Å². The summed E-state index contributed by atoms with van der Waals surface area (Å²) < 4.78 is 12.2. The second-order valence-corrected chi connectivity index (χ2v) is 3.36. The SMILES string of the molecule is COCCNCc1cccn1CCOC. The molecular formula is C11H20N2O2. The summed E-state index contributed by atoms with van der Waals surface area (Å²) in [6.45, 7) is 4.16. The maximum Gasteiger partial charge on any atom is 0.0641 e. The minimum atomic E-state index is 0.749. The zero-order chi connectivity index (χ0) is 10.9. The second-order valence-electron chi connectivity index (χ2n) is 3.36. The van der Waals surface area contributed by atoms with Crippen LogP contribution in [0.1, 0.15) is 5.69 Å². The van der Waals surface area contributed by atoms with Crippen LogP contribution in [0.25, 0.3) is 0 Å². The lowest BCUT2D eigenvalue weighted by atomic mass is 10.4. The van der Waals surface area contributed by atoms with Crippen LogP contribution in [0.2, 0.25) is 0 Å². The number of hydrogen-bond donors (Lipinski definition) is 1. The molecule has 0 saturated carbocycles. The van der Waals surface area contributed by atoms with E-state index in [1.54, 1.807) is 14.2 Å². The summed E-state index contributed by atoms with van der Waals surface area (Å²) in [6.07, 6.45) is 2.08. The van der Waals surface area contributed by atoms with Gasteiger partial charge in [-0.1, -0.05) is 0 Å². The van der Waals surface area contributed by atoms with Crippen molar-refractivity contribution in [3.63, 3.8) is 0 Å². The second kappa shape index (κ2) is 7.45. The molecule has 0 unspecified atom stereocenters. The van der Waals surface area contributed by atoms with Crippen molar-refractivity contribution in [3.8, 4) is 0 Å². The van der Waals surface area contributed by atoms with Gasteiger partial charge in [-0.05, 0) is 12.1 Å². The number of hydrogen-bond acceptors (Lipinski definition) is 3. The third-order valence-corrected chi connectivity index (χ3v) is 2.25. The first kappa shape index (κ1) is 12.2. The summed E-state index contributed by atoms with van der Waals surface area (Å²) in [6, 6.07) is 4.18. The quantitative estimate of drug-likeness (QED) is 0.649. The van der Waals surface area contributed by atoms with Gasteiger partial charge in [-0.3, -0.25) is 0 Å². The lowest BCUT2D eigenvalue weighted by Gasteiger charge is -2.09. The van der Waals surface area contributed by atoms with E-state index in [0.29, 0.717) is 0 Å². The molecule has 15 heavy (non-hydrogen) atoms. The number of aromatic nitrogens is 1. The molecule has 4 heteroatoms. The van der Waals surface area contributed by atoms with E-state index in [2.05, 4.69) is 28.2 Å². The molecule has 0 atom stereocenters. The molecule has 1 N–H and O–H groups in total. The summed E-state index contributed by atoms with van der Waals surface area (Å²) in [5, 5.41) is 3.32. The van der Waals surface area contributed by atoms with Gasteiger partial charge >= 0.3 is 0 Å². The fraction of sp³-hybridized carbons (Fsp3) is 0.636. The molecular weight excluding hydrogens is 192 g/mol. The topological polar surface area (TPSA) is 35.4 Å². The van der Waals surface area contributed by atoms with Crippen LogP contribution in [0.3, 0.4) is 0 Å². The Labute approximate surface area is 91.2 Å². The maximum absolute atomic E-state index is 5.05. The van der Waals surface area contributed by atoms with Gasteiger partial charge in [0.1, 0.15) is 0 Å². The fourth-order valence-corrected chi connectivity index (χ4v) is 1.41. The monoisotopic (exact) mass is 212 g/mol. The average Bonchev–Trinajstić information content (AvgIpc) is 2.69. The Bertz CT molecular complexity index is 261. The molecule has 0 amide bonds. The predicted molar refractivity (Wildman–Crippen MR) is 59.9 cm³/mol. The molecule has 0 radical (unpaired) electrons. The van der Waals surface area contributed by atoms with Gasteiger partial charge < -0.3 is 19.4 Å². The van der Waals surface area contributed by atoms with Crippen LogP contribution in [-0.4, -0.2) is 38.5 Å². The van der Waals surface area contributed by atoms with E-state index in [9.17, 15) is 0 Å². The van der Waals surface area contributed by atoms with Crippen molar-refractivity contribution in [2.24, 2.45) is 0 Å². The highest BCUT2D eigenvalue weighted by atomic mass is 16.5. The zero-order valence-corrected chi connectivity index (χ0v) is 9.53. The average molecular weight is 212 g/mol. The zero-order valence-electron chi connectivity index (χ0n) is 9.53. The van der Waals surface area contributed by atoms with E-state index in [1.807, 2.05) is 0 Å². The first-order chi connectivity index (χ1) is 7.38. The van der Waals surface area contributed by atoms with Crippen molar-refractivity contribution in [1.29, 1.82) is 0 Å². The lowest BCUT2D eigenvalue weighted by molar-refractivity contribution is 0.185. The molecule has 4 nitrogen and oxygen atoms in total. The maximum atomic E-state index is 5.05. The Morgan fingerprint density at radius 1 is 1.27 bits per heavy atom. The van der Waals surface area contributed by atoms with Gasteiger partial charge in [0, 0.05) is 45.7 Å². The Balaban J connectivity index is 2.29. The first-order valence-corrected chi connectivity index (χ1v) is 5.21. The summed E-state index contributed by atoms with van der Waals surface area (Å²) in [7, 11) is 3.43. The van der Waals surface area contributed by atoms with Gasteiger partial charge in [0.2, 0.25) is 0 Å². The minimum absolute atomic E-state index is 0.749. The van der Waals surface area contributed by atoms with E-state index >= 15 is 0 Å². The fourth-order valence-electron chi connectivity index (χ4n) is 1.41. The van der Waals surface area contributed by atoms with Gasteiger partial charge in [-0.2, -0.15) is 0 Å². The van der Waals surface area contributed by atoms with Crippen LogP contribution in [0, 0.1) is 0 Å². The molecule has 0 aromatic carbocycles. The minimum Gasteiger partial charge on any atom is -0.383 e. The summed E-state index contributed by atoms with van der Waals surface area (Å²) in [4.78, 5) is 0. The molecule has 0 bridgehead atoms. The van der Waals surface area contributed by atoms with Crippen LogP contribution in [-0.2, 0) is 22.6 Å². The van der Waals surface area contributed by atoms with E-state index in [1.165, 1.54) is 5.69 Å². The summed E-state index contributed by atoms with van der Waals surface area (Å²) in [5.74, 6) is 0. The predicted octanol–water partition coefficient (Wildman–Crippen LogP) is 0.870. The molecule has 1 heterocycles. The van der Waals surface area contributed by atoms with Gasteiger partial charge in [0.15, 0.2) is 0 Å². The highest BCUT2D eigenvalue weighted by Gasteiger charge is 1.99. The molecule has 0 saturated heterocycles. The normalized spacial score (nSPS) is 10.8. The van der Waals surface area contributed by atoms with E-state index in [4.69, 9.17) is 9.47 Å². The Morgan fingerprint density at radius 2 is 2.07 bits per heavy atom. The van der Waals surface area contributed by atoms with Crippen molar-refractivity contribution < 1.29 is 9.47 Å². The number of nitrogens with zero attached hydrogens (tertiary/aromatic N) is 1. The first-order valence-electron chi connectivity index (χ1n) is 5.21. The van der Waals surface area contributed by atoms with Crippen molar-refractivity contribution in [3.05, 3.63) is 24.0 Å². The molecule has 1 aromatic rings. The molecule has 1 rings (SSSR count). The highest BCUT2D eigenvalue weighted by molar-refractivity contribution is 5.06. The third kappa shape index (κ3) is 4.46. The molecule has 1 aromatic heterocycles. The Kier molecular flexibility index (Phi) is 6.08. The smallest absolute Gasteiger partial charge is 0.0641 e. The summed E-state index contributed by atoms with van der Waals surface area (Å²) >= 11 is 0. The van der Waals surface area contributed by atoms with Gasteiger partial charge in [-0.25, -0.2) is 0 Å². The third-order valence-electron chi connectivity index (χ3n) is 2.25.